The van der Waals surface area contributed by atoms with Crippen LogP contribution in [0.3, 0.4) is 0 Å². The van der Waals surface area contributed by atoms with E-state index < -0.39 is 52.7 Å². The first-order valence-corrected chi connectivity index (χ1v) is 13.9. The van der Waals surface area contributed by atoms with Gasteiger partial charge in [0, 0.05) is 37.4 Å². The summed E-state index contributed by atoms with van der Waals surface area (Å²) in [7, 11) is 1.57. The number of nitrogens with zero attached hydrogens (tertiary/aromatic N) is 1. The predicted molar refractivity (Wildman–Crippen MR) is 152 cm³/mol. The van der Waals surface area contributed by atoms with Gasteiger partial charge in [-0.15, -0.1) is 0 Å². The fraction of sp³-hybridized carbons (Fsp3) is 0.500. The molecule has 1 saturated heterocycles. The second-order valence-electron chi connectivity index (χ2n) is 10.8. The van der Waals surface area contributed by atoms with Crippen LogP contribution in [0.1, 0.15) is 47.1 Å². The van der Waals surface area contributed by atoms with Crippen molar-refractivity contribution in [3.8, 4) is 5.75 Å². The van der Waals surface area contributed by atoms with E-state index in [9.17, 15) is 23.2 Å². The third-order valence-electron chi connectivity index (χ3n) is 6.32. The Kier molecular flexibility index (Phi) is 12.4. The number of rotatable bonds is 14. The van der Waals surface area contributed by atoms with Crippen molar-refractivity contribution in [2.75, 3.05) is 59.8 Å². The molecule has 1 aliphatic heterocycles. The lowest BCUT2D eigenvalue weighted by Gasteiger charge is -2.24. The Bertz CT molecular complexity index is 1250. The van der Waals surface area contributed by atoms with Gasteiger partial charge in [-0.05, 0) is 45.0 Å². The van der Waals surface area contributed by atoms with Crippen molar-refractivity contribution in [2.45, 2.75) is 38.5 Å². The number of hydrogen-bond donors (Lipinski definition) is 2. The zero-order valence-electron chi connectivity index (χ0n) is 24.8. The summed E-state index contributed by atoms with van der Waals surface area (Å²) in [4.78, 5) is 39.9. The Morgan fingerprint density at radius 2 is 1.51 bits per heavy atom. The predicted octanol–water partition coefficient (Wildman–Crippen LogP) is 2.93. The second kappa shape index (κ2) is 15.7. The summed E-state index contributed by atoms with van der Waals surface area (Å²) in [5.41, 5.74) is 5.13. The maximum atomic E-state index is 14.8. The van der Waals surface area contributed by atoms with Crippen LogP contribution >= 0.6 is 0 Å². The molecule has 236 valence electrons. The highest BCUT2D eigenvalue weighted by atomic mass is 19.2. The number of nitrogens with two attached hydrogens (primary N) is 1. The zero-order valence-corrected chi connectivity index (χ0v) is 24.8. The van der Waals surface area contributed by atoms with E-state index in [0.29, 0.717) is 26.4 Å². The van der Waals surface area contributed by atoms with Gasteiger partial charge in [-0.1, -0.05) is 12.1 Å². The summed E-state index contributed by atoms with van der Waals surface area (Å²) in [5, 5.41) is 2.80. The molecule has 2 aromatic carbocycles. The molecule has 43 heavy (non-hydrogen) atoms. The van der Waals surface area contributed by atoms with E-state index in [1.54, 1.807) is 27.9 Å². The van der Waals surface area contributed by atoms with Crippen LogP contribution in [0.5, 0.6) is 5.75 Å². The number of hydrogen-bond acceptors (Lipinski definition) is 9. The number of benzene rings is 2. The van der Waals surface area contributed by atoms with Gasteiger partial charge in [0.05, 0.1) is 39.1 Å². The number of methoxy groups -OCH3 is 1. The smallest absolute Gasteiger partial charge is 0.410 e. The number of amides is 2. The first kappa shape index (κ1) is 33.8. The fourth-order valence-corrected chi connectivity index (χ4v) is 4.17. The summed E-state index contributed by atoms with van der Waals surface area (Å²) in [6, 6.07) is 6.45. The SMILES string of the molecule is COCCOCCOCCOc1ccc(F)c(F)c1C(=O)c1ccc(C(=O)N[C@@H]2CN(C(=O)OC(C)(C)C)C[C@H]2N)cc1. The molecular formula is C30H39F2N3O8. The van der Waals surface area contributed by atoms with E-state index in [1.807, 2.05) is 0 Å². The highest BCUT2D eigenvalue weighted by molar-refractivity contribution is 6.11. The monoisotopic (exact) mass is 607 g/mol. The fourth-order valence-electron chi connectivity index (χ4n) is 4.17. The molecule has 2 atom stereocenters. The number of likely N-dealkylation sites (tertiary alicyclic amines) is 1. The van der Waals surface area contributed by atoms with Crippen LogP contribution in [-0.2, 0) is 18.9 Å². The van der Waals surface area contributed by atoms with Crippen LogP contribution in [0.4, 0.5) is 13.6 Å². The lowest BCUT2D eigenvalue weighted by atomic mass is 10.00. The Labute approximate surface area is 249 Å². The number of carbonyl (C=O) groups excluding carboxylic acids is 3. The minimum Gasteiger partial charge on any atom is -0.490 e. The first-order valence-electron chi connectivity index (χ1n) is 13.9. The van der Waals surface area contributed by atoms with Crippen LogP contribution in [0.15, 0.2) is 36.4 Å². The zero-order chi connectivity index (χ0) is 31.6. The van der Waals surface area contributed by atoms with Crippen molar-refractivity contribution >= 4 is 17.8 Å². The van der Waals surface area contributed by atoms with Crippen molar-refractivity contribution in [2.24, 2.45) is 5.73 Å². The molecule has 0 aromatic heterocycles. The van der Waals surface area contributed by atoms with E-state index in [-0.39, 0.29) is 43.2 Å². The lowest BCUT2D eigenvalue weighted by Crippen LogP contribution is -2.46. The van der Waals surface area contributed by atoms with Gasteiger partial charge < -0.3 is 39.6 Å². The molecule has 3 N–H and O–H groups in total. The summed E-state index contributed by atoms with van der Waals surface area (Å²) in [6.07, 6.45) is -0.522. The van der Waals surface area contributed by atoms with E-state index in [4.69, 9.17) is 29.4 Å². The molecule has 0 radical (unpaired) electrons. The van der Waals surface area contributed by atoms with E-state index in [1.165, 1.54) is 35.2 Å². The van der Waals surface area contributed by atoms with Gasteiger partial charge in [0.2, 0.25) is 0 Å². The van der Waals surface area contributed by atoms with E-state index in [2.05, 4.69) is 5.32 Å². The topological polar surface area (TPSA) is 139 Å². The molecule has 1 heterocycles. The Balaban J connectivity index is 1.59. The minimum atomic E-state index is -1.35. The summed E-state index contributed by atoms with van der Waals surface area (Å²) in [5.74, 6) is -3.99. The van der Waals surface area contributed by atoms with E-state index in [0.717, 1.165) is 6.07 Å². The Morgan fingerprint density at radius 1 is 0.907 bits per heavy atom. The van der Waals surface area contributed by atoms with Crippen LogP contribution in [0.25, 0.3) is 0 Å². The molecule has 1 aliphatic rings. The van der Waals surface area contributed by atoms with Crippen LogP contribution in [0.2, 0.25) is 0 Å². The quantitative estimate of drug-likeness (QED) is 0.245. The summed E-state index contributed by atoms with van der Waals surface area (Å²) in [6.45, 7) is 7.32. The highest BCUT2D eigenvalue weighted by Crippen LogP contribution is 2.27. The summed E-state index contributed by atoms with van der Waals surface area (Å²) < 4.78 is 55.3. The van der Waals surface area contributed by atoms with Crippen LogP contribution in [-0.4, -0.2) is 100 Å². The molecule has 0 spiro atoms. The maximum absolute atomic E-state index is 14.8. The van der Waals surface area contributed by atoms with Crippen molar-refractivity contribution < 1.29 is 46.8 Å². The third kappa shape index (κ3) is 9.95. The van der Waals surface area contributed by atoms with Gasteiger partial charge in [-0.25, -0.2) is 13.6 Å². The normalized spacial score (nSPS) is 16.7. The Hall–Kier alpha value is -3.65. The molecule has 0 saturated carbocycles. The second-order valence-corrected chi connectivity index (χ2v) is 10.8. The van der Waals surface area contributed by atoms with Crippen LogP contribution in [0, 0.1) is 11.6 Å². The molecular weight excluding hydrogens is 568 g/mol. The lowest BCUT2D eigenvalue weighted by molar-refractivity contribution is 0.0179. The molecule has 0 unspecified atom stereocenters. The standard InChI is InChI=1S/C30H39F2N3O8/c1-30(2,3)43-29(38)35-17-22(33)23(18-35)34-28(37)20-7-5-19(6-8-20)27(36)25-24(10-9-21(31)26(25)32)42-16-15-41-14-13-40-12-11-39-4/h5-10,22-23H,11-18,33H2,1-4H3,(H,34,37)/t22-,23-/m1/s1. The molecule has 13 heteroatoms. The number of nitrogens with one attached hydrogen (secondary N) is 1. The molecule has 1 fully saturated rings. The molecule has 2 aromatic rings. The van der Waals surface area contributed by atoms with Gasteiger partial charge in [-0.2, -0.15) is 0 Å². The maximum Gasteiger partial charge on any atom is 0.410 e. The van der Waals surface area contributed by atoms with Crippen molar-refractivity contribution in [3.05, 3.63) is 64.7 Å². The molecule has 2 amide bonds. The van der Waals surface area contributed by atoms with Crippen molar-refractivity contribution in [1.82, 2.24) is 10.2 Å². The molecule has 0 aliphatic carbocycles. The highest BCUT2D eigenvalue weighted by Gasteiger charge is 2.36. The van der Waals surface area contributed by atoms with Gasteiger partial charge in [0.25, 0.3) is 5.91 Å². The number of carbonyl (C=O) groups is 3. The van der Waals surface area contributed by atoms with E-state index >= 15 is 0 Å². The van der Waals surface area contributed by atoms with Crippen molar-refractivity contribution in [1.29, 1.82) is 0 Å². The number of halogens is 2. The Morgan fingerprint density at radius 3 is 2.14 bits per heavy atom. The largest absolute Gasteiger partial charge is 0.490 e. The van der Waals surface area contributed by atoms with Gasteiger partial charge in [0.1, 0.15) is 23.5 Å². The average Bonchev–Trinajstić information content (AvgIpc) is 3.33. The molecule has 11 nitrogen and oxygen atoms in total. The van der Waals surface area contributed by atoms with Crippen LogP contribution < -0.4 is 15.8 Å². The van der Waals surface area contributed by atoms with Gasteiger partial charge >= 0.3 is 6.09 Å². The minimum absolute atomic E-state index is 0.0167. The van der Waals surface area contributed by atoms with Gasteiger partial charge in [0.15, 0.2) is 17.4 Å². The number of ether oxygens (including phenoxy) is 5. The first-order chi connectivity index (χ1) is 20.4. The molecule has 3 rings (SSSR count). The average molecular weight is 608 g/mol. The third-order valence-corrected chi connectivity index (χ3v) is 6.32. The molecule has 0 bridgehead atoms. The number of ketones is 1. The van der Waals surface area contributed by atoms with Crippen molar-refractivity contribution in [3.63, 3.8) is 0 Å². The summed E-state index contributed by atoms with van der Waals surface area (Å²) >= 11 is 0. The van der Waals surface area contributed by atoms with Gasteiger partial charge in [-0.3, -0.25) is 9.59 Å².